The van der Waals surface area contributed by atoms with Gasteiger partial charge in [-0.3, -0.25) is 0 Å². The molecule has 0 atom stereocenters. The fourth-order valence-electron chi connectivity index (χ4n) is 0. The molecular weight excluding hydrogens is 583 g/mol. The van der Waals surface area contributed by atoms with Crippen LogP contribution in [0.1, 0.15) is 0 Å². The Labute approximate surface area is 101 Å². The average molecular weight is 583 g/mol. The first kappa shape index (κ1) is 25.9. The molecule has 11 radical (unpaired) electrons. The van der Waals surface area contributed by atoms with Crippen molar-refractivity contribution < 1.29 is 25.8 Å². The van der Waals surface area contributed by atoms with Crippen LogP contribution in [0, 0.1) is 0 Å². The van der Waals surface area contributed by atoms with Crippen molar-refractivity contribution in [1.82, 2.24) is 0 Å². The molecule has 0 aliphatic rings. The van der Waals surface area contributed by atoms with Crippen molar-refractivity contribution in [1.29, 1.82) is 0 Å². The third kappa shape index (κ3) is 9.09. The number of rotatable bonds is 0. The summed E-state index contributed by atoms with van der Waals surface area (Å²) in [4.78, 5) is 0. The quantitative estimate of drug-likeness (QED) is 0.317. The van der Waals surface area contributed by atoms with Crippen LogP contribution in [0.2, 0.25) is 0 Å². The minimum atomic E-state index is 0. The maximum Gasteiger partial charge on any atom is 0 e. The SMILES string of the molecule is [Bi].[Pb].[Sb].[Sc]. The summed E-state index contributed by atoms with van der Waals surface area (Å²) in [6.45, 7) is 0. The second-order valence-electron chi connectivity index (χ2n) is 0. The Balaban J connectivity index is 0. The largest absolute Gasteiger partial charge is 0 e. The van der Waals surface area contributed by atoms with Gasteiger partial charge >= 0.3 is 0 Å². The zero-order chi connectivity index (χ0) is 0. The molecule has 0 rings (SSSR count). The molecule has 0 saturated heterocycles. The second-order valence-corrected chi connectivity index (χ2v) is 0. The van der Waals surface area contributed by atoms with E-state index in [9.17, 15) is 0 Å². The molecular formula is BiPbSbSc. The van der Waals surface area contributed by atoms with Crippen molar-refractivity contribution in [3.8, 4) is 0 Å². The van der Waals surface area contributed by atoms with Gasteiger partial charge in [0.25, 0.3) is 0 Å². The Bertz CT molecular complexity index is 8.00. The van der Waals surface area contributed by atoms with Gasteiger partial charge in [-0.1, -0.05) is 0 Å². The molecule has 0 aliphatic carbocycles. The van der Waals surface area contributed by atoms with E-state index in [0.29, 0.717) is 0 Å². The van der Waals surface area contributed by atoms with Crippen LogP contribution < -0.4 is 0 Å². The third-order valence-electron chi connectivity index (χ3n) is 0. The summed E-state index contributed by atoms with van der Waals surface area (Å²) in [5.41, 5.74) is 0. The smallest absolute Gasteiger partial charge is 0 e. The van der Waals surface area contributed by atoms with E-state index in [1.54, 1.807) is 0 Å². The molecule has 0 bridgehead atoms. The molecule has 0 fully saturated rings. The molecule has 0 aromatic rings. The van der Waals surface area contributed by atoms with Gasteiger partial charge in [0.15, 0.2) is 0 Å². The topological polar surface area (TPSA) is 0 Å². The molecule has 0 N–H and O–H groups in total. The first-order valence-corrected chi connectivity index (χ1v) is 0. The van der Waals surface area contributed by atoms with Gasteiger partial charge in [-0.15, -0.1) is 0 Å². The average Bonchev–Trinajstić information content (AvgIpc) is 0. The van der Waals surface area contributed by atoms with E-state index in [0.717, 1.165) is 0 Å². The molecule has 0 spiro atoms. The summed E-state index contributed by atoms with van der Waals surface area (Å²) in [6, 6.07) is 0. The molecule has 17 valence electrons. The molecule has 0 unspecified atom stereocenters. The van der Waals surface area contributed by atoms with Gasteiger partial charge in [0, 0.05) is 104 Å². The van der Waals surface area contributed by atoms with E-state index in [1.807, 2.05) is 0 Å². The fraction of sp³-hybridized carbons (Fsp3) is 0. The molecule has 0 heterocycles. The van der Waals surface area contributed by atoms with Crippen LogP contribution >= 0.6 is 0 Å². The van der Waals surface area contributed by atoms with Crippen LogP contribution in [0.4, 0.5) is 0 Å². The van der Waals surface area contributed by atoms with Crippen LogP contribution in [-0.4, -0.2) is 77.9 Å². The third-order valence-corrected chi connectivity index (χ3v) is 0. The van der Waals surface area contributed by atoms with E-state index < -0.39 is 0 Å². The summed E-state index contributed by atoms with van der Waals surface area (Å²) in [7, 11) is 0. The van der Waals surface area contributed by atoms with Gasteiger partial charge in [-0.25, -0.2) is 0 Å². The summed E-state index contributed by atoms with van der Waals surface area (Å²) < 4.78 is 0. The Morgan fingerprint density at radius 2 is 1.00 bits per heavy atom. The minimum absolute atomic E-state index is 0. The summed E-state index contributed by atoms with van der Waals surface area (Å²) in [6.07, 6.45) is 0. The van der Waals surface area contributed by atoms with E-state index in [-0.39, 0.29) is 104 Å². The van der Waals surface area contributed by atoms with E-state index in [1.165, 1.54) is 0 Å². The van der Waals surface area contributed by atoms with Crippen LogP contribution in [-0.2, 0) is 25.8 Å². The van der Waals surface area contributed by atoms with Crippen molar-refractivity contribution in [2.24, 2.45) is 0 Å². The predicted molar refractivity (Wildman–Crippen MR) is 17.3 cm³/mol. The maximum atomic E-state index is 0. The second kappa shape index (κ2) is 16.1. The van der Waals surface area contributed by atoms with Crippen molar-refractivity contribution in [3.05, 3.63) is 0 Å². The normalized spacial score (nSPS) is 0. The van der Waals surface area contributed by atoms with Crippen molar-refractivity contribution in [3.63, 3.8) is 0 Å². The molecule has 4 heteroatoms. The van der Waals surface area contributed by atoms with E-state index in [2.05, 4.69) is 0 Å². The van der Waals surface area contributed by atoms with Gasteiger partial charge in [-0.2, -0.15) is 0 Å². The Kier molecular flexibility index (Phi) is 104. The Morgan fingerprint density at radius 3 is 1.00 bits per heavy atom. The van der Waals surface area contributed by atoms with Gasteiger partial charge in [0.2, 0.25) is 0 Å². The molecule has 0 aromatic heterocycles. The molecule has 0 aromatic carbocycles. The summed E-state index contributed by atoms with van der Waals surface area (Å²) in [5.74, 6) is 0. The fourth-order valence-corrected chi connectivity index (χ4v) is 0. The molecule has 4 heavy (non-hydrogen) atoms. The Morgan fingerprint density at radius 1 is 1.00 bits per heavy atom. The van der Waals surface area contributed by atoms with Gasteiger partial charge in [0.05, 0.1) is 0 Å². The monoisotopic (exact) mass is 583 g/mol. The van der Waals surface area contributed by atoms with Crippen LogP contribution in [0.3, 0.4) is 0 Å². The van der Waals surface area contributed by atoms with Crippen molar-refractivity contribution in [2.45, 2.75) is 0 Å². The number of hydrogen-bond donors (Lipinski definition) is 0. The zero-order valence-corrected chi connectivity index (χ0v) is 13.7. The molecule has 0 aliphatic heterocycles. The van der Waals surface area contributed by atoms with Crippen LogP contribution in [0.25, 0.3) is 0 Å². The maximum absolute atomic E-state index is 0. The van der Waals surface area contributed by atoms with Crippen LogP contribution in [0.15, 0.2) is 0 Å². The molecule has 0 nitrogen and oxygen atoms in total. The molecule has 0 amide bonds. The predicted octanol–water partition coefficient (Wildman–Crippen LogP) is -1.14. The first-order valence-electron chi connectivity index (χ1n) is 0. The standard InChI is InChI=1S/Bi.Pb.Sb.Sc. The van der Waals surface area contributed by atoms with E-state index >= 15 is 0 Å². The number of hydrogen-bond acceptors (Lipinski definition) is 0. The van der Waals surface area contributed by atoms with Crippen molar-refractivity contribution in [2.75, 3.05) is 0 Å². The van der Waals surface area contributed by atoms with Gasteiger partial charge in [0.1, 0.15) is 0 Å². The van der Waals surface area contributed by atoms with Gasteiger partial charge < -0.3 is 0 Å². The molecule has 0 saturated carbocycles. The minimum Gasteiger partial charge on any atom is 0 e. The zero-order valence-electron chi connectivity index (χ0n) is 1.97. The summed E-state index contributed by atoms with van der Waals surface area (Å²) >= 11 is 0. The Hall–Kier alpha value is 3.49. The first-order chi connectivity index (χ1) is 0. The summed E-state index contributed by atoms with van der Waals surface area (Å²) in [5, 5.41) is 0. The van der Waals surface area contributed by atoms with Gasteiger partial charge in [-0.05, 0) is 0 Å². The van der Waals surface area contributed by atoms with E-state index in [4.69, 9.17) is 0 Å². The van der Waals surface area contributed by atoms with Crippen molar-refractivity contribution >= 4 is 77.9 Å². The van der Waals surface area contributed by atoms with Crippen LogP contribution in [0.5, 0.6) is 0 Å².